The molecule has 1 unspecified atom stereocenters. The van der Waals surface area contributed by atoms with E-state index in [1.165, 1.54) is 6.07 Å². The molecule has 18 heavy (non-hydrogen) atoms. The second-order valence-corrected chi connectivity index (χ2v) is 4.39. The third-order valence-corrected chi connectivity index (χ3v) is 2.55. The highest BCUT2D eigenvalue weighted by atomic mass is 19.2. The summed E-state index contributed by atoms with van der Waals surface area (Å²) in [5.41, 5.74) is 0.465. The summed E-state index contributed by atoms with van der Waals surface area (Å²) >= 11 is 0. The first kappa shape index (κ1) is 14.6. The van der Waals surface area contributed by atoms with Crippen LogP contribution in [0.25, 0.3) is 0 Å². The molecule has 100 valence electrons. The fourth-order valence-corrected chi connectivity index (χ4v) is 1.61. The van der Waals surface area contributed by atoms with Gasteiger partial charge in [-0.1, -0.05) is 13.0 Å². The van der Waals surface area contributed by atoms with Crippen molar-refractivity contribution in [2.75, 3.05) is 20.1 Å². The normalized spacial score (nSPS) is 12.2. The van der Waals surface area contributed by atoms with Crippen LogP contribution in [0.5, 0.6) is 0 Å². The zero-order valence-electron chi connectivity index (χ0n) is 10.6. The van der Waals surface area contributed by atoms with Crippen LogP contribution in [0.15, 0.2) is 18.2 Å². The van der Waals surface area contributed by atoms with Crippen molar-refractivity contribution in [1.29, 1.82) is 0 Å². The molecule has 0 radical (unpaired) electrons. The summed E-state index contributed by atoms with van der Waals surface area (Å²) in [5, 5.41) is 5.77. The van der Waals surface area contributed by atoms with Gasteiger partial charge >= 0.3 is 0 Å². The van der Waals surface area contributed by atoms with E-state index in [4.69, 9.17) is 0 Å². The van der Waals surface area contributed by atoms with Crippen LogP contribution in [0.4, 0.5) is 8.78 Å². The molecule has 0 aliphatic rings. The topological polar surface area (TPSA) is 41.1 Å². The van der Waals surface area contributed by atoms with Crippen LogP contribution in [-0.2, 0) is 11.2 Å². The Morgan fingerprint density at radius 1 is 1.28 bits per heavy atom. The number of benzene rings is 1. The first-order valence-corrected chi connectivity index (χ1v) is 5.88. The Kier molecular flexibility index (Phi) is 5.71. The predicted octanol–water partition coefficient (Wildman–Crippen LogP) is 1.48. The molecule has 2 N–H and O–H groups in total. The van der Waals surface area contributed by atoms with Gasteiger partial charge < -0.3 is 10.6 Å². The van der Waals surface area contributed by atoms with Gasteiger partial charge in [0.2, 0.25) is 5.91 Å². The molecule has 0 saturated carbocycles. The van der Waals surface area contributed by atoms with Crippen molar-refractivity contribution in [2.45, 2.75) is 13.3 Å². The number of halogens is 2. The summed E-state index contributed by atoms with van der Waals surface area (Å²) < 4.78 is 25.6. The standard InChI is InChI=1S/C13H18F2N2O/c1-9(7-16-2)8-17-13(18)6-10-3-4-11(14)12(15)5-10/h3-5,9,16H,6-8H2,1-2H3,(H,17,18). The predicted molar refractivity (Wildman–Crippen MR) is 66.2 cm³/mol. The largest absolute Gasteiger partial charge is 0.355 e. The fraction of sp³-hybridized carbons (Fsp3) is 0.462. The van der Waals surface area contributed by atoms with Gasteiger partial charge in [0, 0.05) is 6.54 Å². The lowest BCUT2D eigenvalue weighted by Gasteiger charge is -2.12. The highest BCUT2D eigenvalue weighted by Gasteiger charge is 2.08. The lowest BCUT2D eigenvalue weighted by atomic mass is 10.1. The second kappa shape index (κ2) is 7.06. The van der Waals surface area contributed by atoms with Crippen molar-refractivity contribution in [2.24, 2.45) is 5.92 Å². The van der Waals surface area contributed by atoms with Crippen LogP contribution in [-0.4, -0.2) is 26.0 Å². The number of rotatable bonds is 6. The van der Waals surface area contributed by atoms with Gasteiger partial charge in [0.25, 0.3) is 0 Å². The molecule has 1 rings (SSSR count). The van der Waals surface area contributed by atoms with Gasteiger partial charge in [-0.05, 0) is 37.2 Å². The fourth-order valence-electron chi connectivity index (χ4n) is 1.61. The summed E-state index contributed by atoms with van der Waals surface area (Å²) in [5.74, 6) is -1.70. The molecule has 0 aliphatic carbocycles. The van der Waals surface area contributed by atoms with Gasteiger partial charge in [-0.3, -0.25) is 4.79 Å². The quantitative estimate of drug-likeness (QED) is 0.809. The van der Waals surface area contributed by atoms with E-state index < -0.39 is 11.6 Å². The summed E-state index contributed by atoms with van der Waals surface area (Å²) in [7, 11) is 1.85. The van der Waals surface area contributed by atoms with Gasteiger partial charge in [-0.25, -0.2) is 8.78 Å². The molecule has 3 nitrogen and oxygen atoms in total. The molecule has 1 aromatic rings. The minimum absolute atomic E-state index is 0.0590. The average Bonchev–Trinajstić information content (AvgIpc) is 2.32. The molecule has 0 heterocycles. The molecular weight excluding hydrogens is 238 g/mol. The highest BCUT2D eigenvalue weighted by Crippen LogP contribution is 2.09. The van der Waals surface area contributed by atoms with Crippen LogP contribution < -0.4 is 10.6 Å². The number of hydrogen-bond acceptors (Lipinski definition) is 2. The van der Waals surface area contributed by atoms with E-state index in [1.807, 2.05) is 14.0 Å². The van der Waals surface area contributed by atoms with Crippen molar-refractivity contribution >= 4 is 5.91 Å². The molecule has 0 bridgehead atoms. The molecule has 0 saturated heterocycles. The number of hydrogen-bond donors (Lipinski definition) is 2. The van der Waals surface area contributed by atoms with Crippen LogP contribution in [0.2, 0.25) is 0 Å². The molecule has 0 aromatic heterocycles. The third-order valence-electron chi connectivity index (χ3n) is 2.55. The molecule has 5 heteroatoms. The maximum Gasteiger partial charge on any atom is 0.224 e. The molecule has 0 spiro atoms. The molecule has 1 amide bonds. The van der Waals surface area contributed by atoms with E-state index >= 15 is 0 Å². The van der Waals surface area contributed by atoms with Crippen LogP contribution >= 0.6 is 0 Å². The van der Waals surface area contributed by atoms with E-state index in [0.717, 1.165) is 18.7 Å². The van der Waals surface area contributed by atoms with E-state index in [0.29, 0.717) is 18.0 Å². The zero-order chi connectivity index (χ0) is 13.5. The smallest absolute Gasteiger partial charge is 0.224 e. The Hall–Kier alpha value is -1.49. The summed E-state index contributed by atoms with van der Waals surface area (Å²) in [4.78, 5) is 11.6. The minimum atomic E-state index is -0.927. The summed E-state index contributed by atoms with van der Waals surface area (Å²) in [6.45, 7) is 3.38. The van der Waals surface area contributed by atoms with Gasteiger partial charge in [-0.15, -0.1) is 0 Å². The molecule has 1 aromatic carbocycles. The Balaban J connectivity index is 2.42. The first-order chi connectivity index (χ1) is 8.52. The number of carbonyl (C=O) groups excluding carboxylic acids is 1. The van der Waals surface area contributed by atoms with Gasteiger partial charge in [0.1, 0.15) is 0 Å². The highest BCUT2D eigenvalue weighted by molar-refractivity contribution is 5.78. The van der Waals surface area contributed by atoms with Gasteiger partial charge in [0.05, 0.1) is 6.42 Å². The van der Waals surface area contributed by atoms with E-state index in [-0.39, 0.29) is 12.3 Å². The molecular formula is C13H18F2N2O. The lowest BCUT2D eigenvalue weighted by Crippen LogP contribution is -2.33. The van der Waals surface area contributed by atoms with E-state index in [2.05, 4.69) is 10.6 Å². The van der Waals surface area contributed by atoms with Crippen molar-refractivity contribution < 1.29 is 13.6 Å². The number of carbonyl (C=O) groups is 1. The molecule has 1 atom stereocenters. The van der Waals surface area contributed by atoms with Gasteiger partial charge in [-0.2, -0.15) is 0 Å². The Bertz CT molecular complexity index is 410. The number of nitrogens with one attached hydrogen (secondary N) is 2. The van der Waals surface area contributed by atoms with E-state index in [9.17, 15) is 13.6 Å². The Labute approximate surface area is 106 Å². The molecule has 0 fully saturated rings. The van der Waals surface area contributed by atoms with Crippen molar-refractivity contribution in [3.05, 3.63) is 35.4 Å². The van der Waals surface area contributed by atoms with Crippen LogP contribution in [0, 0.1) is 17.6 Å². The minimum Gasteiger partial charge on any atom is -0.355 e. The average molecular weight is 256 g/mol. The summed E-state index contributed by atoms with van der Waals surface area (Å²) in [6, 6.07) is 3.49. The van der Waals surface area contributed by atoms with Crippen LogP contribution in [0.3, 0.4) is 0 Å². The van der Waals surface area contributed by atoms with Crippen LogP contribution in [0.1, 0.15) is 12.5 Å². The second-order valence-electron chi connectivity index (χ2n) is 4.39. The first-order valence-electron chi connectivity index (χ1n) is 5.88. The Morgan fingerprint density at radius 3 is 2.61 bits per heavy atom. The molecule has 0 aliphatic heterocycles. The SMILES string of the molecule is CNCC(C)CNC(=O)Cc1ccc(F)c(F)c1. The zero-order valence-corrected chi connectivity index (χ0v) is 10.6. The van der Waals surface area contributed by atoms with Crippen molar-refractivity contribution in [3.8, 4) is 0 Å². The van der Waals surface area contributed by atoms with E-state index in [1.54, 1.807) is 0 Å². The van der Waals surface area contributed by atoms with Gasteiger partial charge in [0.15, 0.2) is 11.6 Å². The monoisotopic (exact) mass is 256 g/mol. The maximum atomic E-state index is 12.9. The Morgan fingerprint density at radius 2 is 2.00 bits per heavy atom. The third kappa shape index (κ3) is 4.79. The van der Waals surface area contributed by atoms with Crippen molar-refractivity contribution in [3.63, 3.8) is 0 Å². The van der Waals surface area contributed by atoms with Crippen molar-refractivity contribution in [1.82, 2.24) is 10.6 Å². The summed E-state index contributed by atoms with van der Waals surface area (Å²) in [6.07, 6.45) is 0.0590. The lowest BCUT2D eigenvalue weighted by molar-refractivity contribution is -0.120. The maximum absolute atomic E-state index is 12.9. The number of amides is 1.